The summed E-state index contributed by atoms with van der Waals surface area (Å²) in [6.45, 7) is 5.06. The van der Waals surface area contributed by atoms with Gasteiger partial charge in [-0.05, 0) is 26.0 Å². The van der Waals surface area contributed by atoms with E-state index in [1.807, 2.05) is 43.0 Å². The summed E-state index contributed by atoms with van der Waals surface area (Å²) in [6, 6.07) is 7.66. The topological polar surface area (TPSA) is 90.6 Å². The van der Waals surface area contributed by atoms with Crippen molar-refractivity contribution in [1.82, 2.24) is 20.0 Å². The summed E-state index contributed by atoms with van der Waals surface area (Å²) in [6.07, 6.45) is 3.20. The van der Waals surface area contributed by atoms with E-state index >= 15 is 0 Å². The zero-order valence-corrected chi connectivity index (χ0v) is 17.3. The highest BCUT2D eigenvalue weighted by Crippen LogP contribution is 2.31. The van der Waals surface area contributed by atoms with Crippen LogP contribution in [0.2, 0.25) is 0 Å². The SMILES string of the molecule is COc1cccc(-c2nccnc2[C@H]2CN(C(=O)Cc3c(C)noc3C)CCO2)c1. The summed E-state index contributed by atoms with van der Waals surface area (Å²) in [5, 5.41) is 3.94. The van der Waals surface area contributed by atoms with Crippen molar-refractivity contribution < 1.29 is 18.8 Å². The molecule has 156 valence electrons. The Balaban J connectivity index is 1.56. The minimum absolute atomic E-state index is 0.0181. The predicted octanol–water partition coefficient (Wildman–Crippen LogP) is 2.90. The molecule has 1 fully saturated rings. The third-order valence-electron chi connectivity index (χ3n) is 5.30. The first-order valence-corrected chi connectivity index (χ1v) is 9.83. The Morgan fingerprint density at radius 3 is 2.87 bits per heavy atom. The van der Waals surface area contributed by atoms with Crippen LogP contribution in [0.4, 0.5) is 0 Å². The molecule has 30 heavy (non-hydrogen) atoms. The van der Waals surface area contributed by atoms with Gasteiger partial charge < -0.3 is 18.9 Å². The molecular formula is C22H24N4O4. The van der Waals surface area contributed by atoms with Gasteiger partial charge in [0.15, 0.2) is 0 Å². The molecule has 1 amide bonds. The largest absolute Gasteiger partial charge is 0.497 e. The molecule has 8 nitrogen and oxygen atoms in total. The predicted molar refractivity (Wildman–Crippen MR) is 109 cm³/mol. The lowest BCUT2D eigenvalue weighted by Gasteiger charge is -2.33. The molecule has 0 unspecified atom stereocenters. The third-order valence-corrected chi connectivity index (χ3v) is 5.30. The highest BCUT2D eigenvalue weighted by atomic mass is 16.5. The summed E-state index contributed by atoms with van der Waals surface area (Å²) < 4.78 is 16.5. The standard InChI is InChI=1S/C22H24N4O4/c1-14-18(15(2)30-25-14)12-20(27)26-9-10-29-19(13-26)22-21(23-7-8-24-22)16-5-4-6-17(11-16)28-3/h4-8,11,19H,9-10,12-13H2,1-3H3/t19-/m1/s1. The van der Waals surface area contributed by atoms with Crippen molar-refractivity contribution in [3.63, 3.8) is 0 Å². The Morgan fingerprint density at radius 1 is 1.27 bits per heavy atom. The maximum absolute atomic E-state index is 12.9. The van der Waals surface area contributed by atoms with Gasteiger partial charge in [-0.1, -0.05) is 17.3 Å². The number of carbonyl (C=O) groups is 1. The number of benzene rings is 1. The summed E-state index contributed by atoms with van der Waals surface area (Å²) in [5.74, 6) is 1.44. The van der Waals surface area contributed by atoms with Gasteiger partial charge in [-0.3, -0.25) is 14.8 Å². The lowest BCUT2D eigenvalue weighted by molar-refractivity contribution is -0.138. The quantitative estimate of drug-likeness (QED) is 0.641. The molecule has 0 N–H and O–H groups in total. The number of carbonyl (C=O) groups excluding carboxylic acids is 1. The minimum Gasteiger partial charge on any atom is -0.497 e. The van der Waals surface area contributed by atoms with Gasteiger partial charge in [-0.25, -0.2) is 0 Å². The summed E-state index contributed by atoms with van der Waals surface area (Å²) in [4.78, 5) is 23.8. The molecule has 0 bridgehead atoms. The van der Waals surface area contributed by atoms with E-state index < -0.39 is 0 Å². The second-order valence-electron chi connectivity index (χ2n) is 7.20. The number of hydrogen-bond acceptors (Lipinski definition) is 7. The molecule has 3 aromatic rings. The van der Waals surface area contributed by atoms with Gasteiger partial charge >= 0.3 is 0 Å². The van der Waals surface area contributed by atoms with Gasteiger partial charge in [0.25, 0.3) is 0 Å². The first kappa shape index (κ1) is 20.0. The van der Waals surface area contributed by atoms with Gasteiger partial charge in [0.05, 0.1) is 43.8 Å². The smallest absolute Gasteiger partial charge is 0.227 e. The van der Waals surface area contributed by atoms with E-state index in [1.165, 1.54) is 0 Å². The highest BCUT2D eigenvalue weighted by molar-refractivity contribution is 5.79. The minimum atomic E-state index is -0.359. The van der Waals surface area contributed by atoms with Crippen LogP contribution >= 0.6 is 0 Å². The van der Waals surface area contributed by atoms with Crippen molar-refractivity contribution in [2.24, 2.45) is 0 Å². The van der Waals surface area contributed by atoms with Crippen LogP contribution in [0.3, 0.4) is 0 Å². The van der Waals surface area contributed by atoms with Crippen LogP contribution < -0.4 is 4.74 Å². The van der Waals surface area contributed by atoms with E-state index in [0.29, 0.717) is 31.2 Å². The number of hydrogen-bond donors (Lipinski definition) is 0. The number of aromatic nitrogens is 3. The molecule has 1 aliphatic rings. The zero-order valence-electron chi connectivity index (χ0n) is 17.3. The maximum Gasteiger partial charge on any atom is 0.227 e. The normalized spacial score (nSPS) is 16.5. The van der Waals surface area contributed by atoms with E-state index in [4.69, 9.17) is 14.0 Å². The Bertz CT molecular complexity index is 1030. The molecule has 3 heterocycles. The molecule has 1 saturated heterocycles. The first-order chi connectivity index (χ1) is 14.6. The number of amides is 1. The van der Waals surface area contributed by atoms with Crippen molar-refractivity contribution in [3.05, 3.63) is 59.4 Å². The molecular weight excluding hydrogens is 384 g/mol. The number of nitrogens with zero attached hydrogens (tertiary/aromatic N) is 4. The average molecular weight is 408 g/mol. The Kier molecular flexibility index (Phi) is 5.76. The van der Waals surface area contributed by atoms with Crippen LogP contribution in [0.1, 0.15) is 28.8 Å². The summed E-state index contributed by atoms with van der Waals surface area (Å²) in [5.41, 5.74) is 3.92. The fourth-order valence-corrected chi connectivity index (χ4v) is 3.64. The number of rotatable bonds is 5. The van der Waals surface area contributed by atoms with Gasteiger partial charge in [0.2, 0.25) is 5.91 Å². The Labute approximate surface area is 174 Å². The summed E-state index contributed by atoms with van der Waals surface area (Å²) in [7, 11) is 1.63. The molecule has 0 saturated carbocycles. The molecule has 0 aliphatic carbocycles. The van der Waals surface area contributed by atoms with Crippen molar-refractivity contribution in [1.29, 1.82) is 0 Å². The first-order valence-electron chi connectivity index (χ1n) is 9.83. The van der Waals surface area contributed by atoms with Gasteiger partial charge in [-0.15, -0.1) is 0 Å². The van der Waals surface area contributed by atoms with Crippen LogP contribution in [-0.2, 0) is 16.0 Å². The number of methoxy groups -OCH3 is 1. The highest BCUT2D eigenvalue weighted by Gasteiger charge is 2.29. The molecule has 2 aromatic heterocycles. The zero-order chi connectivity index (χ0) is 21.1. The van der Waals surface area contributed by atoms with E-state index in [2.05, 4.69) is 15.1 Å². The fraction of sp³-hybridized carbons (Fsp3) is 0.364. The monoisotopic (exact) mass is 408 g/mol. The van der Waals surface area contributed by atoms with E-state index in [-0.39, 0.29) is 18.4 Å². The maximum atomic E-state index is 12.9. The molecule has 1 atom stereocenters. The Morgan fingerprint density at radius 2 is 2.10 bits per heavy atom. The summed E-state index contributed by atoms with van der Waals surface area (Å²) >= 11 is 0. The van der Waals surface area contributed by atoms with Crippen LogP contribution in [0.15, 0.2) is 41.2 Å². The van der Waals surface area contributed by atoms with Crippen molar-refractivity contribution in [3.8, 4) is 17.0 Å². The Hall–Kier alpha value is -3.26. The lowest BCUT2D eigenvalue weighted by atomic mass is 10.0. The lowest BCUT2D eigenvalue weighted by Crippen LogP contribution is -2.43. The van der Waals surface area contributed by atoms with Crippen LogP contribution in [0.25, 0.3) is 11.3 Å². The number of ether oxygens (including phenoxy) is 2. The van der Waals surface area contributed by atoms with E-state index in [0.717, 1.165) is 28.3 Å². The molecule has 1 aromatic carbocycles. The molecule has 4 rings (SSSR count). The van der Waals surface area contributed by atoms with Gasteiger partial charge in [-0.2, -0.15) is 0 Å². The molecule has 0 spiro atoms. The van der Waals surface area contributed by atoms with Crippen molar-refractivity contribution in [2.45, 2.75) is 26.4 Å². The van der Waals surface area contributed by atoms with Crippen LogP contribution in [0.5, 0.6) is 5.75 Å². The van der Waals surface area contributed by atoms with Crippen LogP contribution in [-0.4, -0.2) is 52.7 Å². The molecule has 0 radical (unpaired) electrons. The second kappa shape index (κ2) is 8.62. The second-order valence-corrected chi connectivity index (χ2v) is 7.20. The van der Waals surface area contributed by atoms with Crippen molar-refractivity contribution in [2.75, 3.05) is 26.8 Å². The van der Waals surface area contributed by atoms with E-state index in [1.54, 1.807) is 19.5 Å². The number of morpholine rings is 1. The van der Waals surface area contributed by atoms with Crippen LogP contribution in [0, 0.1) is 13.8 Å². The van der Waals surface area contributed by atoms with Crippen molar-refractivity contribution >= 4 is 5.91 Å². The molecule has 8 heteroatoms. The third kappa shape index (κ3) is 4.04. The van der Waals surface area contributed by atoms with E-state index in [9.17, 15) is 4.79 Å². The fourth-order valence-electron chi connectivity index (χ4n) is 3.64. The number of aryl methyl sites for hydroxylation is 2. The molecule has 1 aliphatic heterocycles. The van der Waals surface area contributed by atoms with Gasteiger partial charge in [0, 0.05) is 30.1 Å². The van der Waals surface area contributed by atoms with Gasteiger partial charge in [0.1, 0.15) is 17.6 Å². The average Bonchev–Trinajstić information content (AvgIpc) is 3.11.